The van der Waals surface area contributed by atoms with E-state index in [2.05, 4.69) is 34.1 Å². The number of methoxy groups -OCH3 is 1. The highest BCUT2D eigenvalue weighted by molar-refractivity contribution is 9.09. The fourth-order valence-electron chi connectivity index (χ4n) is 2.87. The summed E-state index contributed by atoms with van der Waals surface area (Å²) >= 11 is 3.83. The topological polar surface area (TPSA) is 9.23 Å². The van der Waals surface area contributed by atoms with Crippen LogP contribution in [0.5, 0.6) is 5.75 Å². The number of hydrogen-bond acceptors (Lipinski definition) is 1. The summed E-state index contributed by atoms with van der Waals surface area (Å²) < 4.78 is 5.26. The molecule has 0 bridgehead atoms. The second-order valence-electron chi connectivity index (χ2n) is 5.38. The van der Waals surface area contributed by atoms with Crippen molar-refractivity contribution in [2.24, 2.45) is 5.92 Å². The predicted molar refractivity (Wildman–Crippen MR) is 80.6 cm³/mol. The van der Waals surface area contributed by atoms with E-state index in [4.69, 9.17) is 4.74 Å². The molecule has 1 unspecified atom stereocenters. The SMILES string of the molecule is COc1cccc(CC(Br)CCC2CCCC2)c1. The molecule has 0 saturated heterocycles. The van der Waals surface area contributed by atoms with Crippen LogP contribution in [0.2, 0.25) is 0 Å². The van der Waals surface area contributed by atoms with E-state index < -0.39 is 0 Å². The molecule has 18 heavy (non-hydrogen) atoms. The van der Waals surface area contributed by atoms with Crippen LogP contribution in [-0.4, -0.2) is 11.9 Å². The maximum absolute atomic E-state index is 5.26. The Bertz CT molecular complexity index is 358. The molecular weight excluding hydrogens is 288 g/mol. The molecule has 1 fully saturated rings. The Hall–Kier alpha value is -0.500. The summed E-state index contributed by atoms with van der Waals surface area (Å²) in [6.07, 6.45) is 9.60. The van der Waals surface area contributed by atoms with Crippen molar-refractivity contribution < 1.29 is 4.74 Å². The first-order valence-electron chi connectivity index (χ1n) is 7.05. The van der Waals surface area contributed by atoms with Gasteiger partial charge in [0.1, 0.15) is 5.75 Å². The molecule has 1 aromatic carbocycles. The smallest absolute Gasteiger partial charge is 0.119 e. The minimum absolute atomic E-state index is 0.602. The van der Waals surface area contributed by atoms with E-state index in [0.29, 0.717) is 4.83 Å². The molecule has 1 aliphatic carbocycles. The molecule has 1 saturated carbocycles. The number of benzene rings is 1. The van der Waals surface area contributed by atoms with Crippen molar-refractivity contribution in [3.63, 3.8) is 0 Å². The van der Waals surface area contributed by atoms with E-state index in [0.717, 1.165) is 18.1 Å². The van der Waals surface area contributed by atoms with Gasteiger partial charge in [0, 0.05) is 4.83 Å². The fourth-order valence-corrected chi connectivity index (χ4v) is 3.51. The van der Waals surface area contributed by atoms with Gasteiger partial charge in [0.2, 0.25) is 0 Å². The van der Waals surface area contributed by atoms with Gasteiger partial charge < -0.3 is 4.74 Å². The maximum Gasteiger partial charge on any atom is 0.119 e. The van der Waals surface area contributed by atoms with Gasteiger partial charge in [0.05, 0.1) is 7.11 Å². The zero-order valence-electron chi connectivity index (χ0n) is 11.2. The Kier molecular flexibility index (Phi) is 5.55. The van der Waals surface area contributed by atoms with E-state index in [-0.39, 0.29) is 0 Å². The van der Waals surface area contributed by atoms with Gasteiger partial charge in [-0.25, -0.2) is 0 Å². The molecule has 2 heteroatoms. The minimum Gasteiger partial charge on any atom is -0.497 e. The predicted octanol–water partition coefficient (Wildman–Crippen LogP) is 4.97. The molecule has 1 atom stereocenters. The van der Waals surface area contributed by atoms with Crippen LogP contribution < -0.4 is 4.74 Å². The van der Waals surface area contributed by atoms with Crippen LogP contribution in [0.15, 0.2) is 24.3 Å². The first-order chi connectivity index (χ1) is 8.78. The Morgan fingerprint density at radius 2 is 2.11 bits per heavy atom. The monoisotopic (exact) mass is 310 g/mol. The zero-order valence-corrected chi connectivity index (χ0v) is 12.8. The molecule has 100 valence electrons. The third kappa shape index (κ3) is 4.31. The van der Waals surface area contributed by atoms with Crippen LogP contribution in [0.3, 0.4) is 0 Å². The maximum atomic E-state index is 5.26. The van der Waals surface area contributed by atoms with Gasteiger partial charge in [0.25, 0.3) is 0 Å². The molecule has 0 amide bonds. The minimum atomic E-state index is 0.602. The molecule has 0 N–H and O–H groups in total. The summed E-state index contributed by atoms with van der Waals surface area (Å²) in [5.41, 5.74) is 1.36. The highest BCUT2D eigenvalue weighted by Gasteiger charge is 2.16. The average Bonchev–Trinajstić information content (AvgIpc) is 2.90. The third-order valence-corrected chi connectivity index (χ3v) is 4.74. The number of alkyl halides is 1. The Morgan fingerprint density at radius 1 is 1.33 bits per heavy atom. The molecule has 0 aromatic heterocycles. The first-order valence-corrected chi connectivity index (χ1v) is 7.96. The van der Waals surface area contributed by atoms with Crippen molar-refractivity contribution >= 4 is 15.9 Å². The van der Waals surface area contributed by atoms with E-state index in [1.54, 1.807) is 7.11 Å². The van der Waals surface area contributed by atoms with Crippen LogP contribution >= 0.6 is 15.9 Å². The lowest BCUT2D eigenvalue weighted by molar-refractivity contribution is 0.414. The Labute approximate surface area is 119 Å². The van der Waals surface area contributed by atoms with E-state index in [1.807, 2.05) is 6.07 Å². The molecule has 0 spiro atoms. The molecule has 1 aliphatic rings. The van der Waals surface area contributed by atoms with Gasteiger partial charge in [-0.3, -0.25) is 0 Å². The van der Waals surface area contributed by atoms with Crippen LogP contribution in [0.1, 0.15) is 44.1 Å². The summed E-state index contributed by atoms with van der Waals surface area (Å²) in [6, 6.07) is 8.41. The van der Waals surface area contributed by atoms with E-state index >= 15 is 0 Å². The van der Waals surface area contributed by atoms with Crippen LogP contribution in [0, 0.1) is 5.92 Å². The van der Waals surface area contributed by atoms with Crippen molar-refractivity contribution in [2.75, 3.05) is 7.11 Å². The van der Waals surface area contributed by atoms with E-state index in [9.17, 15) is 0 Å². The summed E-state index contributed by atoms with van der Waals surface area (Å²) in [7, 11) is 1.73. The van der Waals surface area contributed by atoms with Crippen molar-refractivity contribution in [1.29, 1.82) is 0 Å². The van der Waals surface area contributed by atoms with Gasteiger partial charge in [-0.2, -0.15) is 0 Å². The molecule has 1 aromatic rings. The summed E-state index contributed by atoms with van der Waals surface area (Å²) in [4.78, 5) is 0.602. The molecular formula is C16H23BrO. The summed E-state index contributed by atoms with van der Waals surface area (Å²) in [5, 5.41) is 0. The van der Waals surface area contributed by atoms with Crippen molar-refractivity contribution in [3.8, 4) is 5.75 Å². The summed E-state index contributed by atoms with van der Waals surface area (Å²) in [6.45, 7) is 0. The quantitative estimate of drug-likeness (QED) is 0.674. The van der Waals surface area contributed by atoms with Gasteiger partial charge in [-0.1, -0.05) is 53.7 Å². The Balaban J connectivity index is 1.76. The number of halogens is 1. The highest BCUT2D eigenvalue weighted by Crippen LogP contribution is 2.30. The van der Waals surface area contributed by atoms with Gasteiger partial charge in [-0.05, 0) is 42.9 Å². The molecule has 2 rings (SSSR count). The number of rotatable bonds is 6. The highest BCUT2D eigenvalue weighted by atomic mass is 79.9. The summed E-state index contributed by atoms with van der Waals surface area (Å²) in [5.74, 6) is 1.96. The largest absolute Gasteiger partial charge is 0.497 e. The number of ether oxygens (including phenoxy) is 1. The van der Waals surface area contributed by atoms with Crippen LogP contribution in [0.4, 0.5) is 0 Å². The molecule has 0 aliphatic heterocycles. The third-order valence-electron chi connectivity index (χ3n) is 3.95. The normalized spacial score (nSPS) is 17.9. The lowest BCUT2D eigenvalue weighted by Crippen LogP contribution is -2.05. The lowest BCUT2D eigenvalue weighted by Gasteiger charge is -2.13. The molecule has 1 nitrogen and oxygen atoms in total. The van der Waals surface area contributed by atoms with E-state index in [1.165, 1.54) is 44.1 Å². The van der Waals surface area contributed by atoms with Gasteiger partial charge >= 0.3 is 0 Å². The lowest BCUT2D eigenvalue weighted by atomic mass is 9.98. The average molecular weight is 311 g/mol. The molecule has 0 heterocycles. The second kappa shape index (κ2) is 7.18. The second-order valence-corrected chi connectivity index (χ2v) is 6.68. The zero-order chi connectivity index (χ0) is 12.8. The Morgan fingerprint density at radius 3 is 2.83 bits per heavy atom. The van der Waals surface area contributed by atoms with Crippen molar-refractivity contribution in [2.45, 2.75) is 49.8 Å². The van der Waals surface area contributed by atoms with Crippen LogP contribution in [-0.2, 0) is 6.42 Å². The molecule has 0 radical (unpaired) electrons. The van der Waals surface area contributed by atoms with Crippen LogP contribution in [0.25, 0.3) is 0 Å². The van der Waals surface area contributed by atoms with Crippen molar-refractivity contribution in [1.82, 2.24) is 0 Å². The van der Waals surface area contributed by atoms with Gasteiger partial charge in [-0.15, -0.1) is 0 Å². The fraction of sp³-hybridized carbons (Fsp3) is 0.625. The van der Waals surface area contributed by atoms with Crippen molar-refractivity contribution in [3.05, 3.63) is 29.8 Å². The van der Waals surface area contributed by atoms with Gasteiger partial charge in [0.15, 0.2) is 0 Å². The number of hydrogen-bond donors (Lipinski definition) is 0. The standard InChI is InChI=1S/C16H23BrO/c1-18-16-8-4-7-14(12-16)11-15(17)10-9-13-5-2-3-6-13/h4,7-8,12-13,15H,2-3,5-6,9-11H2,1H3. The first kappa shape index (κ1) is 13.9.